The maximum Gasteiger partial charge on any atom is 0.313 e. The molecule has 34 heavy (non-hydrogen) atoms. The van der Waals surface area contributed by atoms with Gasteiger partial charge >= 0.3 is 5.97 Å². The summed E-state index contributed by atoms with van der Waals surface area (Å²) in [5.41, 5.74) is 4.29. The molecule has 3 rings (SSSR count). The summed E-state index contributed by atoms with van der Waals surface area (Å²) in [5.74, 6) is -3.19. The van der Waals surface area contributed by atoms with E-state index in [0.717, 1.165) is 11.0 Å². The van der Waals surface area contributed by atoms with Crippen molar-refractivity contribution < 1.29 is 33.6 Å². The van der Waals surface area contributed by atoms with Gasteiger partial charge in [0.05, 0.1) is 24.0 Å². The minimum atomic E-state index is -0.907. The third kappa shape index (κ3) is 4.58. The Labute approximate surface area is 191 Å². The molecule has 0 spiro atoms. The average Bonchev–Trinajstić information content (AvgIpc) is 3.06. The second-order valence-electron chi connectivity index (χ2n) is 6.89. The first-order valence-corrected chi connectivity index (χ1v) is 9.61. The number of fused-ring (bicyclic) bond motifs is 1. The van der Waals surface area contributed by atoms with Crippen LogP contribution < -0.4 is 15.2 Å². The first-order valence-electron chi connectivity index (χ1n) is 9.61. The van der Waals surface area contributed by atoms with E-state index in [1.54, 1.807) is 6.07 Å². The van der Waals surface area contributed by atoms with Crippen molar-refractivity contribution in [3.05, 3.63) is 68.8 Å². The molecule has 1 aliphatic rings. The van der Waals surface area contributed by atoms with Crippen LogP contribution in [0.2, 0.25) is 0 Å². The number of hydrogen-bond donors (Lipinski definition) is 1. The molecule has 3 amide bonds. The smallest absolute Gasteiger partial charge is 0.313 e. The normalized spacial score (nSPS) is 12.7. The largest absolute Gasteiger partial charge is 0.493 e. The van der Waals surface area contributed by atoms with Gasteiger partial charge in [-0.2, -0.15) is 5.26 Å². The number of imide groups is 1. The van der Waals surface area contributed by atoms with Crippen LogP contribution in [0.5, 0.6) is 11.5 Å². The number of ether oxygens (including phenoxy) is 2. The quantitative estimate of drug-likeness (QED) is 0.115. The molecule has 2 aromatic carbocycles. The lowest BCUT2D eigenvalue weighted by Crippen LogP contribution is -2.32. The molecule has 1 heterocycles. The van der Waals surface area contributed by atoms with Crippen molar-refractivity contribution in [3.63, 3.8) is 0 Å². The van der Waals surface area contributed by atoms with Crippen molar-refractivity contribution in [2.75, 3.05) is 13.7 Å². The van der Waals surface area contributed by atoms with Crippen LogP contribution in [0.25, 0.3) is 6.08 Å². The van der Waals surface area contributed by atoms with Gasteiger partial charge < -0.3 is 15.2 Å². The molecule has 1 aliphatic heterocycles. The van der Waals surface area contributed by atoms with Gasteiger partial charge in [0.1, 0.15) is 17.2 Å². The third-order valence-electron chi connectivity index (χ3n) is 4.82. The fourth-order valence-electron chi connectivity index (χ4n) is 3.23. The number of esters is 1. The number of carbonyl (C=O) groups excluding carboxylic acids is 4. The molecule has 0 aliphatic carbocycles. The highest BCUT2D eigenvalue weighted by Gasteiger charge is 2.40. The number of nitro groups is 1. The number of hydrogen-bond acceptors (Lipinski definition) is 9. The number of methoxy groups -OCH3 is 1. The maximum atomic E-state index is 12.6. The van der Waals surface area contributed by atoms with Crippen molar-refractivity contribution in [2.24, 2.45) is 5.73 Å². The lowest BCUT2D eigenvalue weighted by molar-refractivity contribution is -0.385. The highest BCUT2D eigenvalue weighted by molar-refractivity contribution is 6.23. The first kappa shape index (κ1) is 23.6. The van der Waals surface area contributed by atoms with Crippen LogP contribution >= 0.6 is 0 Å². The van der Waals surface area contributed by atoms with E-state index in [2.05, 4.69) is 0 Å². The zero-order valence-electron chi connectivity index (χ0n) is 17.6. The number of nitrogens with zero attached hydrogens (tertiary/aromatic N) is 3. The van der Waals surface area contributed by atoms with Crippen LogP contribution in [-0.2, 0) is 9.59 Å². The number of carbonyl (C=O) groups is 4. The van der Waals surface area contributed by atoms with Gasteiger partial charge in [0.2, 0.25) is 0 Å². The Bertz CT molecular complexity index is 1310. The molecule has 2 N–H and O–H groups in total. The highest BCUT2D eigenvalue weighted by atomic mass is 16.6. The van der Waals surface area contributed by atoms with E-state index in [-0.39, 0.29) is 41.2 Å². The van der Waals surface area contributed by atoms with Crippen molar-refractivity contribution >= 4 is 35.5 Å². The summed E-state index contributed by atoms with van der Waals surface area (Å²) < 4.78 is 10.4. The van der Waals surface area contributed by atoms with Gasteiger partial charge in [0, 0.05) is 12.6 Å². The standard InChI is InChI=1S/C22H16N4O8/c1-33-17-10-12(9-13(11-23)20(24)28)5-6-16(17)34-18(27)7-8-25-21(29)14-3-2-4-15(26(31)32)19(14)22(25)30/h2-6,9-10H,7-8H2,1H3,(H2,24,28)/b13-9+. The predicted molar refractivity (Wildman–Crippen MR) is 114 cm³/mol. The molecule has 0 saturated heterocycles. The summed E-state index contributed by atoms with van der Waals surface area (Å²) in [4.78, 5) is 59.8. The molecule has 2 aromatic rings. The zero-order valence-corrected chi connectivity index (χ0v) is 17.6. The molecule has 0 fully saturated rings. The first-order chi connectivity index (χ1) is 16.2. The monoisotopic (exact) mass is 464 g/mol. The Kier molecular flexibility index (Phi) is 6.68. The average molecular weight is 464 g/mol. The number of primary amides is 1. The summed E-state index contributed by atoms with van der Waals surface area (Å²) in [6, 6.07) is 9.62. The van der Waals surface area contributed by atoms with Crippen LogP contribution in [0.1, 0.15) is 32.7 Å². The van der Waals surface area contributed by atoms with Crippen molar-refractivity contribution in [2.45, 2.75) is 6.42 Å². The Morgan fingerprint density at radius 3 is 2.56 bits per heavy atom. The molecular weight excluding hydrogens is 448 g/mol. The fourth-order valence-corrected chi connectivity index (χ4v) is 3.23. The number of rotatable bonds is 8. The van der Waals surface area contributed by atoms with Gasteiger partial charge in [0.15, 0.2) is 11.5 Å². The van der Waals surface area contributed by atoms with Gasteiger partial charge in [-0.1, -0.05) is 12.1 Å². The van der Waals surface area contributed by atoms with Crippen molar-refractivity contribution in [1.29, 1.82) is 5.26 Å². The van der Waals surface area contributed by atoms with Gasteiger partial charge in [-0.3, -0.25) is 34.2 Å². The number of amides is 3. The molecule has 12 nitrogen and oxygen atoms in total. The molecule has 12 heteroatoms. The van der Waals surface area contributed by atoms with Crippen LogP contribution in [0.4, 0.5) is 5.69 Å². The molecule has 0 aromatic heterocycles. The van der Waals surface area contributed by atoms with Gasteiger partial charge in [-0.25, -0.2) is 0 Å². The van der Waals surface area contributed by atoms with E-state index in [0.29, 0.717) is 5.56 Å². The van der Waals surface area contributed by atoms with Crippen LogP contribution in [-0.4, -0.2) is 47.2 Å². The summed E-state index contributed by atoms with van der Waals surface area (Å²) in [7, 11) is 1.31. The summed E-state index contributed by atoms with van der Waals surface area (Å²) in [5, 5.41) is 20.1. The van der Waals surface area contributed by atoms with E-state index < -0.39 is 34.3 Å². The van der Waals surface area contributed by atoms with Gasteiger partial charge in [-0.15, -0.1) is 0 Å². The topological polar surface area (TPSA) is 183 Å². The predicted octanol–water partition coefficient (Wildman–Crippen LogP) is 1.59. The number of nitro benzene ring substituents is 1. The molecule has 0 radical (unpaired) electrons. The summed E-state index contributed by atoms with van der Waals surface area (Å²) in [6.45, 7) is -0.352. The van der Waals surface area contributed by atoms with Crippen molar-refractivity contribution in [3.8, 4) is 17.6 Å². The second-order valence-corrected chi connectivity index (χ2v) is 6.89. The zero-order chi connectivity index (χ0) is 25.0. The van der Waals surface area contributed by atoms with Crippen LogP contribution in [0, 0.1) is 21.4 Å². The minimum Gasteiger partial charge on any atom is -0.493 e. The summed E-state index contributed by atoms with van der Waals surface area (Å²) >= 11 is 0. The minimum absolute atomic E-state index is 0.0141. The van der Waals surface area contributed by atoms with E-state index in [4.69, 9.17) is 20.5 Å². The lowest BCUT2D eigenvalue weighted by atomic mass is 10.1. The van der Waals surface area contributed by atoms with Crippen molar-refractivity contribution in [1.82, 2.24) is 4.90 Å². The summed E-state index contributed by atoms with van der Waals surface area (Å²) in [6.07, 6.45) is 0.849. The number of benzene rings is 2. The molecule has 172 valence electrons. The maximum absolute atomic E-state index is 12.6. The highest BCUT2D eigenvalue weighted by Crippen LogP contribution is 2.32. The second kappa shape index (κ2) is 9.61. The molecular formula is C22H16N4O8. The molecule has 0 atom stereocenters. The molecule has 0 bridgehead atoms. The van der Waals surface area contributed by atoms with Gasteiger partial charge in [-0.05, 0) is 29.8 Å². The SMILES string of the molecule is COc1cc(/C=C(\C#N)C(N)=O)ccc1OC(=O)CCN1C(=O)c2cccc([N+](=O)[O-])c2C1=O. The Morgan fingerprint density at radius 1 is 1.21 bits per heavy atom. The number of nitrogens with two attached hydrogens (primary N) is 1. The molecule has 0 unspecified atom stereocenters. The Hall–Kier alpha value is -5.05. The molecule has 0 saturated carbocycles. The van der Waals surface area contributed by atoms with E-state index >= 15 is 0 Å². The third-order valence-corrected chi connectivity index (χ3v) is 4.82. The van der Waals surface area contributed by atoms with E-state index in [9.17, 15) is 29.3 Å². The van der Waals surface area contributed by atoms with Gasteiger partial charge in [0.25, 0.3) is 23.4 Å². The number of nitriles is 1. The van der Waals surface area contributed by atoms with Crippen LogP contribution in [0.3, 0.4) is 0 Å². The fraction of sp³-hybridized carbons (Fsp3) is 0.136. The Morgan fingerprint density at radius 2 is 1.94 bits per heavy atom. The van der Waals surface area contributed by atoms with E-state index in [1.807, 2.05) is 0 Å². The van der Waals surface area contributed by atoms with E-state index in [1.165, 1.54) is 43.5 Å². The lowest BCUT2D eigenvalue weighted by Gasteiger charge is -2.14. The van der Waals surface area contributed by atoms with Crippen LogP contribution in [0.15, 0.2) is 42.0 Å². The Balaban J connectivity index is 1.71.